The first-order chi connectivity index (χ1) is 13.0. The van der Waals surface area contributed by atoms with Gasteiger partial charge in [0.25, 0.3) is 11.5 Å². The SMILES string of the molecule is CCCCn1c(N)c(N(CC)C(=O)c2cc3c(s2)CCCC3)c(=O)[nH]c1=O. The number of nitrogens with two attached hydrogens (primary N) is 1. The number of nitrogens with zero attached hydrogens (tertiary/aromatic N) is 2. The van der Waals surface area contributed by atoms with E-state index in [1.54, 1.807) is 6.92 Å². The predicted molar refractivity (Wildman–Crippen MR) is 109 cm³/mol. The standard InChI is InChI=1S/C19H26N4O3S/c1-3-5-10-23-16(20)15(17(24)21-19(23)26)22(4-2)18(25)14-11-12-8-6-7-9-13(12)27-14/h11H,3-10,20H2,1-2H3,(H,21,24,26). The Balaban J connectivity index is 2.02. The molecule has 0 fully saturated rings. The number of aromatic amines is 1. The number of hydrogen-bond donors (Lipinski definition) is 2. The van der Waals surface area contributed by atoms with Crippen molar-refractivity contribution in [2.24, 2.45) is 0 Å². The van der Waals surface area contributed by atoms with Gasteiger partial charge >= 0.3 is 5.69 Å². The van der Waals surface area contributed by atoms with E-state index in [1.165, 1.54) is 31.2 Å². The Morgan fingerprint density at radius 1 is 1.30 bits per heavy atom. The molecule has 146 valence electrons. The number of hydrogen-bond acceptors (Lipinski definition) is 5. The molecule has 0 aliphatic heterocycles. The van der Waals surface area contributed by atoms with Crippen LogP contribution >= 0.6 is 11.3 Å². The minimum Gasteiger partial charge on any atom is -0.383 e. The molecule has 3 rings (SSSR count). The zero-order valence-electron chi connectivity index (χ0n) is 15.8. The number of thiophene rings is 1. The van der Waals surface area contributed by atoms with Crippen LogP contribution in [0.1, 0.15) is 59.6 Å². The van der Waals surface area contributed by atoms with Crippen LogP contribution < -0.4 is 21.9 Å². The number of nitrogen functional groups attached to an aromatic ring is 1. The summed E-state index contributed by atoms with van der Waals surface area (Å²) in [5, 5.41) is 0. The number of amides is 1. The van der Waals surface area contributed by atoms with Gasteiger partial charge in [0.2, 0.25) is 0 Å². The van der Waals surface area contributed by atoms with Crippen LogP contribution in [-0.4, -0.2) is 22.0 Å². The lowest BCUT2D eigenvalue weighted by Gasteiger charge is -2.22. The molecule has 1 amide bonds. The summed E-state index contributed by atoms with van der Waals surface area (Å²) in [6, 6.07) is 1.95. The third-order valence-electron chi connectivity index (χ3n) is 4.99. The van der Waals surface area contributed by atoms with Gasteiger partial charge in [0.05, 0.1) is 4.88 Å². The number of rotatable bonds is 6. The van der Waals surface area contributed by atoms with E-state index in [2.05, 4.69) is 4.98 Å². The zero-order chi connectivity index (χ0) is 19.6. The normalized spacial score (nSPS) is 13.4. The number of fused-ring (bicyclic) bond motifs is 1. The van der Waals surface area contributed by atoms with E-state index in [-0.39, 0.29) is 17.4 Å². The smallest absolute Gasteiger partial charge is 0.330 e. The molecule has 1 aliphatic rings. The molecule has 0 saturated carbocycles. The van der Waals surface area contributed by atoms with E-state index in [0.29, 0.717) is 18.0 Å². The zero-order valence-corrected chi connectivity index (χ0v) is 16.7. The average Bonchev–Trinajstić information content (AvgIpc) is 3.08. The van der Waals surface area contributed by atoms with Gasteiger partial charge in [-0.2, -0.15) is 0 Å². The largest absolute Gasteiger partial charge is 0.383 e. The molecular weight excluding hydrogens is 364 g/mol. The first-order valence-electron chi connectivity index (χ1n) is 9.53. The Hall–Kier alpha value is -2.35. The highest BCUT2D eigenvalue weighted by molar-refractivity contribution is 7.14. The lowest BCUT2D eigenvalue weighted by molar-refractivity contribution is 0.0991. The lowest BCUT2D eigenvalue weighted by Crippen LogP contribution is -2.41. The minimum absolute atomic E-state index is 0.0497. The molecule has 0 unspecified atom stereocenters. The summed E-state index contributed by atoms with van der Waals surface area (Å²) in [5.41, 5.74) is 6.30. The van der Waals surface area contributed by atoms with Crippen molar-refractivity contribution in [1.82, 2.24) is 9.55 Å². The van der Waals surface area contributed by atoms with Crippen LogP contribution in [0.15, 0.2) is 15.7 Å². The molecule has 27 heavy (non-hydrogen) atoms. The number of aromatic nitrogens is 2. The first-order valence-corrected chi connectivity index (χ1v) is 10.4. The Bertz CT molecular complexity index is 933. The maximum absolute atomic E-state index is 13.1. The Labute approximate surface area is 161 Å². The highest BCUT2D eigenvalue weighted by Gasteiger charge is 2.26. The third kappa shape index (κ3) is 3.71. The summed E-state index contributed by atoms with van der Waals surface area (Å²) in [7, 11) is 0. The second kappa shape index (κ2) is 8.12. The monoisotopic (exact) mass is 390 g/mol. The van der Waals surface area contributed by atoms with Crippen molar-refractivity contribution in [1.29, 1.82) is 0 Å². The summed E-state index contributed by atoms with van der Waals surface area (Å²) in [6.45, 7) is 4.50. The number of nitrogens with one attached hydrogen (secondary N) is 1. The number of anilines is 2. The molecule has 0 saturated heterocycles. The molecule has 7 nitrogen and oxygen atoms in total. The summed E-state index contributed by atoms with van der Waals surface area (Å²) in [4.78, 5) is 43.3. The maximum Gasteiger partial charge on any atom is 0.330 e. The number of unbranched alkanes of at least 4 members (excludes halogenated alkanes) is 1. The molecule has 1 aliphatic carbocycles. The summed E-state index contributed by atoms with van der Waals surface area (Å²) in [6.07, 6.45) is 5.93. The molecule has 0 bridgehead atoms. The molecule has 0 atom stereocenters. The van der Waals surface area contributed by atoms with Gasteiger partial charge < -0.3 is 10.6 Å². The summed E-state index contributed by atoms with van der Waals surface area (Å²) < 4.78 is 1.34. The first kappa shape index (κ1) is 19.4. The Kier molecular flexibility index (Phi) is 5.84. The van der Waals surface area contributed by atoms with E-state index in [1.807, 2.05) is 13.0 Å². The molecule has 3 N–H and O–H groups in total. The molecule has 0 radical (unpaired) electrons. The molecule has 2 heterocycles. The van der Waals surface area contributed by atoms with E-state index < -0.39 is 11.2 Å². The fraction of sp³-hybridized carbons (Fsp3) is 0.526. The van der Waals surface area contributed by atoms with Crippen LogP contribution in [-0.2, 0) is 19.4 Å². The van der Waals surface area contributed by atoms with Crippen molar-refractivity contribution >= 4 is 28.7 Å². The van der Waals surface area contributed by atoms with Crippen molar-refractivity contribution < 1.29 is 4.79 Å². The van der Waals surface area contributed by atoms with E-state index >= 15 is 0 Å². The highest BCUT2D eigenvalue weighted by Crippen LogP contribution is 2.31. The molecule has 2 aromatic heterocycles. The van der Waals surface area contributed by atoms with Crippen LogP contribution in [0.3, 0.4) is 0 Å². The fourth-order valence-corrected chi connectivity index (χ4v) is 4.71. The van der Waals surface area contributed by atoms with Gasteiger partial charge in [0.15, 0.2) is 5.69 Å². The quantitative estimate of drug-likeness (QED) is 0.791. The highest BCUT2D eigenvalue weighted by atomic mass is 32.1. The van der Waals surface area contributed by atoms with Gasteiger partial charge in [0, 0.05) is 18.0 Å². The van der Waals surface area contributed by atoms with Crippen molar-refractivity contribution in [2.45, 2.75) is 58.9 Å². The maximum atomic E-state index is 13.1. The minimum atomic E-state index is -0.623. The van der Waals surface area contributed by atoms with Crippen LogP contribution in [0.2, 0.25) is 0 Å². The van der Waals surface area contributed by atoms with Gasteiger partial charge in [-0.05, 0) is 50.7 Å². The second-order valence-electron chi connectivity index (χ2n) is 6.81. The lowest BCUT2D eigenvalue weighted by atomic mass is 9.99. The summed E-state index contributed by atoms with van der Waals surface area (Å²) >= 11 is 1.50. The number of H-pyrrole nitrogens is 1. The van der Waals surface area contributed by atoms with Crippen LogP contribution in [0.5, 0.6) is 0 Å². The van der Waals surface area contributed by atoms with Crippen LogP contribution in [0.25, 0.3) is 0 Å². The predicted octanol–water partition coefficient (Wildman–Crippen LogP) is 2.53. The average molecular weight is 391 g/mol. The van der Waals surface area contributed by atoms with Gasteiger partial charge in [-0.3, -0.25) is 19.1 Å². The van der Waals surface area contributed by atoms with Crippen molar-refractivity contribution in [3.8, 4) is 0 Å². The van der Waals surface area contributed by atoms with Gasteiger partial charge in [-0.25, -0.2) is 4.79 Å². The summed E-state index contributed by atoms with van der Waals surface area (Å²) in [5.74, 6) is -0.191. The fourth-order valence-electron chi connectivity index (χ4n) is 3.51. The topological polar surface area (TPSA) is 101 Å². The number of carbonyl (C=O) groups is 1. The Morgan fingerprint density at radius 2 is 2.04 bits per heavy atom. The number of aryl methyl sites for hydroxylation is 2. The number of carbonyl (C=O) groups excluding carboxylic acids is 1. The van der Waals surface area contributed by atoms with Crippen molar-refractivity contribution in [3.63, 3.8) is 0 Å². The van der Waals surface area contributed by atoms with Crippen LogP contribution in [0.4, 0.5) is 11.5 Å². The molecular formula is C19H26N4O3S. The van der Waals surface area contributed by atoms with Gasteiger partial charge in [0.1, 0.15) is 5.82 Å². The van der Waals surface area contributed by atoms with E-state index in [9.17, 15) is 14.4 Å². The second-order valence-corrected chi connectivity index (χ2v) is 7.95. The van der Waals surface area contributed by atoms with Crippen LogP contribution in [0, 0.1) is 0 Å². The van der Waals surface area contributed by atoms with Crippen molar-refractivity contribution in [3.05, 3.63) is 42.2 Å². The Morgan fingerprint density at radius 3 is 2.70 bits per heavy atom. The third-order valence-corrected chi connectivity index (χ3v) is 6.21. The van der Waals surface area contributed by atoms with Gasteiger partial charge in [-0.15, -0.1) is 11.3 Å². The van der Waals surface area contributed by atoms with E-state index in [4.69, 9.17) is 5.73 Å². The molecule has 0 aromatic carbocycles. The molecule has 2 aromatic rings. The van der Waals surface area contributed by atoms with Crippen molar-refractivity contribution in [2.75, 3.05) is 17.2 Å². The molecule has 0 spiro atoms. The van der Waals surface area contributed by atoms with Gasteiger partial charge in [-0.1, -0.05) is 13.3 Å². The van der Waals surface area contributed by atoms with E-state index in [0.717, 1.165) is 38.5 Å². The molecule has 8 heteroatoms.